The Hall–Kier alpha value is -1.92. The maximum Gasteiger partial charge on any atom is 0.406 e. The van der Waals surface area contributed by atoms with Crippen LogP contribution in [-0.4, -0.2) is 37.2 Å². The van der Waals surface area contributed by atoms with Crippen molar-refractivity contribution in [2.45, 2.75) is 13.1 Å². The third-order valence-electron chi connectivity index (χ3n) is 2.53. The maximum absolute atomic E-state index is 12.4. The van der Waals surface area contributed by atoms with Gasteiger partial charge in [-0.25, -0.2) is 0 Å². The molecule has 106 valence electrons. The van der Waals surface area contributed by atoms with E-state index in [-0.39, 0.29) is 23.5 Å². The number of nitrogens with two attached hydrogens (primary N) is 1. The summed E-state index contributed by atoms with van der Waals surface area (Å²) in [6.45, 7) is 0.0743. The van der Waals surface area contributed by atoms with Gasteiger partial charge in [0.15, 0.2) is 0 Å². The highest BCUT2D eigenvalue weighted by molar-refractivity contribution is 6.01. The van der Waals surface area contributed by atoms with Crippen molar-refractivity contribution in [3.8, 4) is 5.75 Å². The van der Waals surface area contributed by atoms with Gasteiger partial charge in [0.05, 0.1) is 7.11 Å². The van der Waals surface area contributed by atoms with Gasteiger partial charge in [0.1, 0.15) is 17.9 Å². The minimum Gasteiger partial charge on any atom is -0.496 e. The molecule has 7 heteroatoms. The number of nitrogen functional groups attached to an aromatic ring is 1. The highest BCUT2D eigenvalue weighted by Crippen LogP contribution is 2.27. The fourth-order valence-corrected chi connectivity index (χ4v) is 1.65. The van der Waals surface area contributed by atoms with Crippen LogP contribution >= 0.6 is 0 Å². The van der Waals surface area contributed by atoms with Crippen molar-refractivity contribution in [3.05, 3.63) is 23.8 Å². The Morgan fingerprint density at radius 2 is 2.05 bits per heavy atom. The second kappa shape index (κ2) is 5.81. The molecule has 0 aliphatic rings. The molecule has 0 aliphatic carbocycles. The van der Waals surface area contributed by atoms with Crippen LogP contribution in [0.4, 0.5) is 18.9 Å². The van der Waals surface area contributed by atoms with E-state index in [0.29, 0.717) is 4.90 Å². The molecule has 4 nitrogen and oxygen atoms in total. The van der Waals surface area contributed by atoms with Gasteiger partial charge in [-0.1, -0.05) is 6.07 Å². The van der Waals surface area contributed by atoms with Crippen molar-refractivity contribution in [1.82, 2.24) is 4.90 Å². The number of ether oxygens (including phenoxy) is 1. The van der Waals surface area contributed by atoms with Crippen LogP contribution in [0.5, 0.6) is 5.75 Å². The molecule has 1 rings (SSSR count). The highest BCUT2D eigenvalue weighted by atomic mass is 19.4. The maximum atomic E-state index is 12.4. The minimum atomic E-state index is -4.46. The summed E-state index contributed by atoms with van der Waals surface area (Å²) in [5.74, 6) is -0.639. The number of carbonyl (C=O) groups excluding carboxylic acids is 1. The van der Waals surface area contributed by atoms with Crippen LogP contribution in [0.25, 0.3) is 0 Å². The van der Waals surface area contributed by atoms with Gasteiger partial charge < -0.3 is 15.4 Å². The first-order valence-corrected chi connectivity index (χ1v) is 5.58. The van der Waals surface area contributed by atoms with E-state index in [4.69, 9.17) is 10.5 Å². The number of amides is 1. The second-order valence-corrected chi connectivity index (χ2v) is 3.86. The largest absolute Gasteiger partial charge is 0.496 e. The molecule has 0 fully saturated rings. The van der Waals surface area contributed by atoms with Gasteiger partial charge in [-0.3, -0.25) is 4.79 Å². The Balaban J connectivity index is 3.11. The number of nitrogens with zero attached hydrogens (tertiary/aromatic N) is 1. The normalized spacial score (nSPS) is 11.2. The van der Waals surface area contributed by atoms with Gasteiger partial charge in [-0.05, 0) is 19.1 Å². The molecule has 0 unspecified atom stereocenters. The Morgan fingerprint density at radius 3 is 2.53 bits per heavy atom. The number of methoxy groups -OCH3 is 1. The summed E-state index contributed by atoms with van der Waals surface area (Å²) >= 11 is 0. The van der Waals surface area contributed by atoms with Crippen LogP contribution < -0.4 is 10.5 Å². The number of carbonyl (C=O) groups is 1. The molecule has 0 saturated carbocycles. The highest BCUT2D eigenvalue weighted by Gasteiger charge is 2.33. The van der Waals surface area contributed by atoms with Crippen molar-refractivity contribution in [2.24, 2.45) is 0 Å². The van der Waals surface area contributed by atoms with Crippen molar-refractivity contribution in [3.63, 3.8) is 0 Å². The smallest absolute Gasteiger partial charge is 0.406 e. The molecule has 0 aliphatic heterocycles. The molecular weight excluding hydrogens is 261 g/mol. The molecule has 19 heavy (non-hydrogen) atoms. The number of hydrogen-bond donors (Lipinski definition) is 1. The number of benzene rings is 1. The summed E-state index contributed by atoms with van der Waals surface area (Å²) in [5.41, 5.74) is 5.69. The molecule has 0 spiro atoms. The lowest BCUT2D eigenvalue weighted by atomic mass is 10.1. The molecule has 0 heterocycles. The lowest BCUT2D eigenvalue weighted by Gasteiger charge is -2.23. The van der Waals surface area contributed by atoms with Gasteiger partial charge in [-0.15, -0.1) is 0 Å². The van der Waals surface area contributed by atoms with Crippen LogP contribution in [0.1, 0.15) is 17.3 Å². The van der Waals surface area contributed by atoms with Gasteiger partial charge >= 0.3 is 6.18 Å². The quantitative estimate of drug-likeness (QED) is 0.858. The Kier molecular flexibility index (Phi) is 4.63. The first kappa shape index (κ1) is 15.1. The van der Waals surface area contributed by atoms with Crippen LogP contribution in [0, 0.1) is 0 Å². The molecular formula is C12H15F3N2O2. The Morgan fingerprint density at radius 1 is 1.42 bits per heavy atom. The second-order valence-electron chi connectivity index (χ2n) is 3.86. The van der Waals surface area contributed by atoms with E-state index in [1.54, 1.807) is 6.07 Å². The van der Waals surface area contributed by atoms with Gasteiger partial charge in [0.25, 0.3) is 5.91 Å². The first-order chi connectivity index (χ1) is 8.80. The number of hydrogen-bond acceptors (Lipinski definition) is 3. The predicted octanol–water partition coefficient (Wildman–Crippen LogP) is 2.30. The molecule has 1 aromatic rings. The van der Waals surface area contributed by atoms with Crippen molar-refractivity contribution < 1.29 is 22.7 Å². The Bertz CT molecular complexity index is 461. The number of anilines is 1. The van der Waals surface area contributed by atoms with Crippen molar-refractivity contribution in [1.29, 1.82) is 0 Å². The standard InChI is InChI=1S/C12H15F3N2O2/c1-3-17(7-12(13,14)15)11(18)10-8(16)5-4-6-9(10)19-2/h4-6H,3,7,16H2,1-2H3. The summed E-state index contributed by atoms with van der Waals surface area (Å²) in [4.78, 5) is 12.8. The average Bonchev–Trinajstić information content (AvgIpc) is 2.33. The third kappa shape index (κ3) is 3.77. The molecule has 2 N–H and O–H groups in total. The van der Waals surface area contributed by atoms with E-state index in [9.17, 15) is 18.0 Å². The molecule has 1 aromatic carbocycles. The summed E-state index contributed by atoms with van der Waals surface area (Å²) in [6.07, 6.45) is -4.46. The van der Waals surface area contributed by atoms with E-state index in [1.807, 2.05) is 0 Å². The van der Waals surface area contributed by atoms with Gasteiger partial charge in [0, 0.05) is 12.2 Å². The lowest BCUT2D eigenvalue weighted by Crippen LogP contribution is -2.39. The molecule has 0 saturated heterocycles. The van der Waals surface area contributed by atoms with E-state index < -0.39 is 18.6 Å². The fraction of sp³-hybridized carbons (Fsp3) is 0.417. The van der Waals surface area contributed by atoms with Crippen molar-refractivity contribution in [2.75, 3.05) is 25.9 Å². The van der Waals surface area contributed by atoms with Crippen LogP contribution in [0.2, 0.25) is 0 Å². The number of halogens is 3. The Labute approximate surface area is 108 Å². The average molecular weight is 276 g/mol. The fourth-order valence-electron chi connectivity index (χ4n) is 1.65. The SMILES string of the molecule is CCN(CC(F)(F)F)C(=O)c1c(N)cccc1OC. The summed E-state index contributed by atoms with van der Waals surface area (Å²) < 4.78 is 42.1. The minimum absolute atomic E-state index is 0.0453. The summed E-state index contributed by atoms with van der Waals surface area (Å²) in [6, 6.07) is 4.48. The predicted molar refractivity (Wildman–Crippen MR) is 65.0 cm³/mol. The zero-order valence-electron chi connectivity index (χ0n) is 10.6. The first-order valence-electron chi connectivity index (χ1n) is 5.58. The van der Waals surface area contributed by atoms with Crippen molar-refractivity contribution >= 4 is 11.6 Å². The van der Waals surface area contributed by atoms with E-state index in [2.05, 4.69) is 0 Å². The van der Waals surface area contributed by atoms with Crippen LogP contribution in [0.3, 0.4) is 0 Å². The molecule has 0 radical (unpaired) electrons. The summed E-state index contributed by atoms with van der Waals surface area (Å²) in [7, 11) is 1.32. The van der Waals surface area contributed by atoms with E-state index >= 15 is 0 Å². The van der Waals surface area contributed by atoms with E-state index in [0.717, 1.165) is 0 Å². The summed E-state index contributed by atoms with van der Waals surface area (Å²) in [5, 5.41) is 0. The lowest BCUT2D eigenvalue weighted by molar-refractivity contribution is -0.140. The van der Waals surface area contributed by atoms with Gasteiger partial charge in [-0.2, -0.15) is 13.2 Å². The van der Waals surface area contributed by atoms with Crippen LogP contribution in [0.15, 0.2) is 18.2 Å². The monoisotopic (exact) mass is 276 g/mol. The number of alkyl halides is 3. The molecule has 0 atom stereocenters. The van der Waals surface area contributed by atoms with Gasteiger partial charge in [0.2, 0.25) is 0 Å². The third-order valence-corrected chi connectivity index (χ3v) is 2.53. The molecule has 1 amide bonds. The molecule has 0 aromatic heterocycles. The molecule has 0 bridgehead atoms. The van der Waals surface area contributed by atoms with Crippen LogP contribution in [-0.2, 0) is 0 Å². The topological polar surface area (TPSA) is 55.6 Å². The zero-order valence-corrected chi connectivity index (χ0v) is 10.6. The number of rotatable bonds is 4. The van der Waals surface area contributed by atoms with E-state index in [1.165, 1.54) is 26.2 Å². The zero-order chi connectivity index (χ0) is 14.6.